The van der Waals surface area contributed by atoms with Crippen molar-refractivity contribution in [3.05, 3.63) is 54.1 Å². The second-order valence-corrected chi connectivity index (χ2v) is 6.37. The summed E-state index contributed by atoms with van der Waals surface area (Å²) in [6.45, 7) is 2.78. The quantitative estimate of drug-likeness (QED) is 0.642. The fourth-order valence-corrected chi connectivity index (χ4v) is 2.99. The van der Waals surface area contributed by atoms with Gasteiger partial charge in [-0.2, -0.15) is 0 Å². The maximum atomic E-state index is 12.8. The lowest BCUT2D eigenvalue weighted by atomic mass is 10.2. The Labute approximate surface area is 161 Å². The molecule has 8 nitrogen and oxygen atoms in total. The van der Waals surface area contributed by atoms with E-state index >= 15 is 0 Å². The minimum atomic E-state index is -0.407. The second-order valence-electron chi connectivity index (χ2n) is 6.37. The third kappa shape index (κ3) is 3.36. The molecule has 28 heavy (non-hydrogen) atoms. The topological polar surface area (TPSA) is 94.0 Å². The van der Waals surface area contributed by atoms with Crippen molar-refractivity contribution in [2.45, 2.75) is 19.8 Å². The summed E-state index contributed by atoms with van der Waals surface area (Å²) in [4.78, 5) is 29.7. The molecule has 0 saturated heterocycles. The van der Waals surface area contributed by atoms with E-state index in [4.69, 9.17) is 9.47 Å². The molecule has 3 aromatic rings. The maximum Gasteiger partial charge on any atom is 0.287 e. The van der Waals surface area contributed by atoms with E-state index in [0.717, 1.165) is 12.8 Å². The van der Waals surface area contributed by atoms with E-state index in [1.165, 1.54) is 0 Å². The number of pyridine rings is 1. The Hall–Kier alpha value is -3.55. The van der Waals surface area contributed by atoms with Crippen LogP contribution in [0, 0.1) is 0 Å². The van der Waals surface area contributed by atoms with Crippen molar-refractivity contribution in [2.24, 2.45) is 0 Å². The first-order valence-corrected chi connectivity index (χ1v) is 9.13. The molecule has 0 bridgehead atoms. The van der Waals surface area contributed by atoms with Crippen LogP contribution in [0.3, 0.4) is 0 Å². The lowest BCUT2D eigenvalue weighted by molar-refractivity contribution is 0.0942. The summed E-state index contributed by atoms with van der Waals surface area (Å²) in [6, 6.07) is 10.5. The summed E-state index contributed by atoms with van der Waals surface area (Å²) in [7, 11) is 0. The molecule has 8 heteroatoms. The molecule has 0 saturated carbocycles. The van der Waals surface area contributed by atoms with Crippen LogP contribution in [0.25, 0.3) is 5.52 Å². The Kier molecular flexibility index (Phi) is 4.84. The molecule has 0 unspecified atom stereocenters. The SMILES string of the molecule is CCCCNC(=O)c1nc(C(=O)Nc2ccc3c(c2)OCO3)c2ccccn12. The summed E-state index contributed by atoms with van der Waals surface area (Å²) in [6.07, 6.45) is 3.58. The average Bonchev–Trinajstić information content (AvgIpc) is 3.32. The van der Waals surface area contributed by atoms with E-state index in [2.05, 4.69) is 22.5 Å². The normalized spacial score (nSPS) is 12.2. The summed E-state index contributed by atoms with van der Waals surface area (Å²) in [5.41, 5.74) is 1.29. The van der Waals surface area contributed by atoms with Crippen molar-refractivity contribution in [1.82, 2.24) is 14.7 Å². The van der Waals surface area contributed by atoms with Gasteiger partial charge < -0.3 is 20.1 Å². The molecule has 0 aliphatic carbocycles. The number of imidazole rings is 1. The number of benzene rings is 1. The number of unbranched alkanes of at least 4 members (excludes halogenated alkanes) is 1. The van der Waals surface area contributed by atoms with Crippen LogP contribution in [0.4, 0.5) is 5.69 Å². The Morgan fingerprint density at radius 2 is 2.00 bits per heavy atom. The number of ether oxygens (including phenoxy) is 2. The van der Waals surface area contributed by atoms with Crippen LogP contribution in [0.1, 0.15) is 40.9 Å². The molecule has 2 amide bonds. The zero-order valence-electron chi connectivity index (χ0n) is 15.4. The van der Waals surface area contributed by atoms with Crippen LogP contribution < -0.4 is 20.1 Å². The molecule has 0 fully saturated rings. The molecule has 3 heterocycles. The van der Waals surface area contributed by atoms with Crippen LogP contribution in [-0.2, 0) is 0 Å². The minimum absolute atomic E-state index is 0.162. The number of carbonyl (C=O) groups excluding carboxylic acids is 2. The number of fused-ring (bicyclic) bond motifs is 2. The van der Waals surface area contributed by atoms with Crippen molar-refractivity contribution >= 4 is 23.0 Å². The smallest absolute Gasteiger partial charge is 0.287 e. The van der Waals surface area contributed by atoms with Crippen LogP contribution in [0.5, 0.6) is 11.5 Å². The molecule has 4 rings (SSSR count). The van der Waals surface area contributed by atoms with Crippen LogP contribution in [-0.4, -0.2) is 34.5 Å². The third-order valence-corrected chi connectivity index (χ3v) is 4.41. The lowest BCUT2D eigenvalue weighted by Crippen LogP contribution is -2.26. The molecule has 0 radical (unpaired) electrons. The molecule has 2 N–H and O–H groups in total. The van der Waals surface area contributed by atoms with Crippen LogP contribution >= 0.6 is 0 Å². The Bertz CT molecular complexity index is 1040. The Morgan fingerprint density at radius 3 is 2.86 bits per heavy atom. The highest BCUT2D eigenvalue weighted by Gasteiger charge is 2.22. The number of hydrogen-bond donors (Lipinski definition) is 2. The van der Waals surface area contributed by atoms with Crippen molar-refractivity contribution in [3.63, 3.8) is 0 Å². The van der Waals surface area contributed by atoms with E-state index in [0.29, 0.717) is 29.2 Å². The molecule has 0 spiro atoms. The third-order valence-electron chi connectivity index (χ3n) is 4.41. The molecule has 144 valence electrons. The lowest BCUT2D eigenvalue weighted by Gasteiger charge is -2.05. The fourth-order valence-electron chi connectivity index (χ4n) is 2.99. The van der Waals surface area contributed by atoms with Gasteiger partial charge in [-0.1, -0.05) is 19.4 Å². The number of carbonyl (C=O) groups is 2. The van der Waals surface area contributed by atoms with Crippen molar-refractivity contribution in [3.8, 4) is 11.5 Å². The van der Waals surface area contributed by atoms with Gasteiger partial charge in [-0.3, -0.25) is 14.0 Å². The first-order chi connectivity index (χ1) is 13.7. The van der Waals surface area contributed by atoms with E-state index in [9.17, 15) is 9.59 Å². The van der Waals surface area contributed by atoms with Gasteiger partial charge in [0.05, 0.1) is 5.52 Å². The average molecular weight is 380 g/mol. The highest BCUT2D eigenvalue weighted by Crippen LogP contribution is 2.34. The number of nitrogens with zero attached hydrogens (tertiary/aromatic N) is 2. The molecule has 1 aliphatic heterocycles. The van der Waals surface area contributed by atoms with Gasteiger partial charge in [0.2, 0.25) is 12.6 Å². The van der Waals surface area contributed by atoms with Gasteiger partial charge in [0, 0.05) is 24.5 Å². The van der Waals surface area contributed by atoms with Gasteiger partial charge in [-0.15, -0.1) is 0 Å². The molecular formula is C20H20N4O4. The zero-order valence-corrected chi connectivity index (χ0v) is 15.4. The molecule has 2 aromatic heterocycles. The number of rotatable bonds is 6. The largest absolute Gasteiger partial charge is 0.454 e. The highest BCUT2D eigenvalue weighted by molar-refractivity contribution is 6.09. The monoisotopic (exact) mass is 380 g/mol. The summed E-state index contributed by atoms with van der Waals surface area (Å²) in [5, 5.41) is 5.64. The van der Waals surface area contributed by atoms with Gasteiger partial charge >= 0.3 is 0 Å². The van der Waals surface area contributed by atoms with Crippen molar-refractivity contribution in [2.75, 3.05) is 18.7 Å². The number of nitrogens with one attached hydrogen (secondary N) is 2. The molecule has 1 aromatic carbocycles. The van der Waals surface area contributed by atoms with Crippen LogP contribution in [0.15, 0.2) is 42.6 Å². The van der Waals surface area contributed by atoms with Gasteiger partial charge in [-0.25, -0.2) is 4.98 Å². The Balaban J connectivity index is 1.61. The predicted octanol–water partition coefficient (Wildman–Crippen LogP) is 2.85. The standard InChI is InChI=1S/C20H20N4O4/c1-2-3-9-21-20(26)18-23-17(14-6-4-5-10-24(14)18)19(25)22-13-7-8-15-16(11-13)28-12-27-15/h4-8,10-11H,2-3,9,12H2,1H3,(H,21,26)(H,22,25). The van der Waals surface area contributed by atoms with Gasteiger partial charge in [0.15, 0.2) is 17.2 Å². The minimum Gasteiger partial charge on any atom is -0.454 e. The first kappa shape index (κ1) is 17.8. The van der Waals surface area contributed by atoms with E-state index in [1.54, 1.807) is 47.0 Å². The van der Waals surface area contributed by atoms with E-state index < -0.39 is 5.91 Å². The summed E-state index contributed by atoms with van der Waals surface area (Å²) in [5.74, 6) is 0.675. The number of aromatic nitrogens is 2. The van der Waals surface area contributed by atoms with Gasteiger partial charge in [0.25, 0.3) is 11.8 Å². The molecule has 0 atom stereocenters. The molecular weight excluding hydrogens is 360 g/mol. The van der Waals surface area contributed by atoms with E-state index in [1.807, 2.05) is 0 Å². The van der Waals surface area contributed by atoms with Crippen LogP contribution in [0.2, 0.25) is 0 Å². The number of amides is 2. The fraction of sp³-hybridized carbons (Fsp3) is 0.250. The summed E-state index contributed by atoms with van der Waals surface area (Å²) < 4.78 is 12.2. The predicted molar refractivity (Wildman–Crippen MR) is 103 cm³/mol. The van der Waals surface area contributed by atoms with E-state index in [-0.39, 0.29) is 24.2 Å². The highest BCUT2D eigenvalue weighted by atomic mass is 16.7. The van der Waals surface area contributed by atoms with Gasteiger partial charge in [-0.05, 0) is 30.7 Å². The maximum absolute atomic E-state index is 12.8. The second kappa shape index (κ2) is 7.59. The number of hydrogen-bond acceptors (Lipinski definition) is 5. The zero-order chi connectivity index (χ0) is 19.5. The van der Waals surface area contributed by atoms with Gasteiger partial charge in [0.1, 0.15) is 0 Å². The van der Waals surface area contributed by atoms with Crippen molar-refractivity contribution < 1.29 is 19.1 Å². The van der Waals surface area contributed by atoms with Crippen molar-refractivity contribution in [1.29, 1.82) is 0 Å². The summed E-state index contributed by atoms with van der Waals surface area (Å²) >= 11 is 0. The number of anilines is 1. The molecule has 1 aliphatic rings. The first-order valence-electron chi connectivity index (χ1n) is 9.13. The Morgan fingerprint density at radius 1 is 1.14 bits per heavy atom.